The first kappa shape index (κ1) is 13.2. The van der Waals surface area contributed by atoms with Crippen LogP contribution in [0.5, 0.6) is 0 Å². The molecule has 0 saturated carbocycles. The fourth-order valence-corrected chi connectivity index (χ4v) is 1.44. The van der Waals surface area contributed by atoms with Gasteiger partial charge >= 0.3 is 0 Å². The SMILES string of the molecule is CC(C)C(=O)N[C@H](CC(=O)[O-])c1ccccc1. The van der Waals surface area contributed by atoms with Crippen molar-refractivity contribution in [3.8, 4) is 0 Å². The first-order valence-electron chi connectivity index (χ1n) is 5.56. The van der Waals surface area contributed by atoms with Crippen molar-refractivity contribution in [3.05, 3.63) is 35.9 Å². The van der Waals surface area contributed by atoms with Crippen LogP contribution in [-0.2, 0) is 9.59 Å². The molecule has 4 heteroatoms. The van der Waals surface area contributed by atoms with Crippen molar-refractivity contribution in [1.82, 2.24) is 5.32 Å². The predicted molar refractivity (Wildman–Crippen MR) is 61.8 cm³/mol. The van der Waals surface area contributed by atoms with Crippen LogP contribution >= 0.6 is 0 Å². The van der Waals surface area contributed by atoms with E-state index in [2.05, 4.69) is 5.32 Å². The van der Waals surface area contributed by atoms with E-state index in [1.165, 1.54) is 0 Å². The van der Waals surface area contributed by atoms with Crippen molar-refractivity contribution in [2.75, 3.05) is 0 Å². The highest BCUT2D eigenvalue weighted by Gasteiger charge is 2.16. The Morgan fingerprint density at radius 2 is 1.82 bits per heavy atom. The lowest BCUT2D eigenvalue weighted by Crippen LogP contribution is -2.36. The minimum absolute atomic E-state index is 0.167. The molecule has 0 radical (unpaired) electrons. The van der Waals surface area contributed by atoms with Gasteiger partial charge in [-0.25, -0.2) is 0 Å². The van der Waals surface area contributed by atoms with E-state index in [4.69, 9.17) is 0 Å². The van der Waals surface area contributed by atoms with Gasteiger partial charge in [0.2, 0.25) is 5.91 Å². The molecule has 1 aromatic carbocycles. The Hall–Kier alpha value is -1.84. The summed E-state index contributed by atoms with van der Waals surface area (Å²) in [6, 6.07) is 8.49. The van der Waals surface area contributed by atoms with Crippen LogP contribution in [0.3, 0.4) is 0 Å². The third-order valence-corrected chi connectivity index (χ3v) is 2.41. The second-order valence-corrected chi connectivity index (χ2v) is 4.20. The van der Waals surface area contributed by atoms with Crippen LogP contribution in [-0.4, -0.2) is 11.9 Å². The smallest absolute Gasteiger partial charge is 0.223 e. The molecule has 1 rings (SSSR count). The number of amides is 1. The Balaban J connectivity index is 2.81. The molecular weight excluding hydrogens is 218 g/mol. The summed E-state index contributed by atoms with van der Waals surface area (Å²) in [5.74, 6) is -1.52. The topological polar surface area (TPSA) is 69.2 Å². The molecule has 0 fully saturated rings. The first-order chi connectivity index (χ1) is 8.00. The summed E-state index contributed by atoms with van der Waals surface area (Å²) in [7, 11) is 0. The van der Waals surface area contributed by atoms with Gasteiger partial charge in [0, 0.05) is 18.3 Å². The van der Waals surface area contributed by atoms with Crippen molar-refractivity contribution < 1.29 is 14.7 Å². The number of carbonyl (C=O) groups is 2. The molecule has 0 unspecified atom stereocenters. The molecule has 0 aromatic heterocycles. The zero-order valence-corrected chi connectivity index (χ0v) is 9.97. The molecule has 0 bridgehead atoms. The van der Waals surface area contributed by atoms with Crippen LogP contribution in [0.15, 0.2) is 30.3 Å². The van der Waals surface area contributed by atoms with E-state index in [0.29, 0.717) is 0 Å². The quantitative estimate of drug-likeness (QED) is 0.812. The zero-order chi connectivity index (χ0) is 12.8. The summed E-state index contributed by atoms with van der Waals surface area (Å²) in [6.07, 6.45) is -0.220. The number of hydrogen-bond acceptors (Lipinski definition) is 3. The summed E-state index contributed by atoms with van der Waals surface area (Å²) >= 11 is 0. The molecule has 1 N–H and O–H groups in total. The molecule has 0 aliphatic heterocycles. The van der Waals surface area contributed by atoms with Crippen molar-refractivity contribution in [1.29, 1.82) is 0 Å². The highest BCUT2D eigenvalue weighted by Crippen LogP contribution is 2.16. The number of rotatable bonds is 5. The minimum Gasteiger partial charge on any atom is -0.550 e. The number of benzene rings is 1. The van der Waals surface area contributed by atoms with Gasteiger partial charge in [0.15, 0.2) is 0 Å². The van der Waals surface area contributed by atoms with E-state index < -0.39 is 12.0 Å². The molecule has 0 saturated heterocycles. The normalized spacial score (nSPS) is 12.2. The van der Waals surface area contributed by atoms with Gasteiger partial charge in [-0.05, 0) is 5.56 Å². The highest BCUT2D eigenvalue weighted by molar-refractivity contribution is 5.79. The Kier molecular flexibility index (Phi) is 4.69. The number of carboxylic acids is 1. The van der Waals surface area contributed by atoms with Crippen LogP contribution in [0.2, 0.25) is 0 Å². The van der Waals surface area contributed by atoms with E-state index in [0.717, 1.165) is 5.56 Å². The maximum absolute atomic E-state index is 11.6. The molecule has 0 heterocycles. The van der Waals surface area contributed by atoms with Crippen LogP contribution in [0.4, 0.5) is 0 Å². The lowest BCUT2D eigenvalue weighted by Gasteiger charge is -2.20. The Morgan fingerprint density at radius 3 is 2.29 bits per heavy atom. The third-order valence-electron chi connectivity index (χ3n) is 2.41. The van der Waals surface area contributed by atoms with Gasteiger partial charge < -0.3 is 15.2 Å². The molecule has 17 heavy (non-hydrogen) atoms. The molecule has 0 aliphatic rings. The van der Waals surface area contributed by atoms with E-state index in [9.17, 15) is 14.7 Å². The Morgan fingerprint density at radius 1 is 1.24 bits per heavy atom. The molecule has 0 aliphatic carbocycles. The van der Waals surface area contributed by atoms with Gasteiger partial charge in [0.05, 0.1) is 6.04 Å². The summed E-state index contributed by atoms with van der Waals surface area (Å²) in [6.45, 7) is 3.52. The van der Waals surface area contributed by atoms with Crippen LogP contribution < -0.4 is 10.4 Å². The lowest BCUT2D eigenvalue weighted by molar-refractivity contribution is -0.306. The van der Waals surface area contributed by atoms with Crippen molar-refractivity contribution in [3.63, 3.8) is 0 Å². The molecule has 92 valence electrons. The van der Waals surface area contributed by atoms with Gasteiger partial charge in [-0.15, -0.1) is 0 Å². The number of carbonyl (C=O) groups excluding carboxylic acids is 2. The summed E-state index contributed by atoms with van der Waals surface area (Å²) in [5, 5.41) is 13.4. The average molecular weight is 234 g/mol. The van der Waals surface area contributed by atoms with E-state index in [-0.39, 0.29) is 18.2 Å². The van der Waals surface area contributed by atoms with Crippen LogP contribution in [0.25, 0.3) is 0 Å². The summed E-state index contributed by atoms with van der Waals surface area (Å²) in [4.78, 5) is 22.3. The minimum atomic E-state index is -1.18. The number of nitrogens with one attached hydrogen (secondary N) is 1. The zero-order valence-electron chi connectivity index (χ0n) is 9.97. The fourth-order valence-electron chi connectivity index (χ4n) is 1.44. The maximum atomic E-state index is 11.6. The molecular formula is C13H16NO3-. The van der Waals surface area contributed by atoms with E-state index in [1.54, 1.807) is 38.1 Å². The Bertz CT molecular complexity index is 387. The molecule has 1 aromatic rings. The summed E-state index contributed by atoms with van der Waals surface area (Å²) in [5.41, 5.74) is 0.769. The van der Waals surface area contributed by atoms with Gasteiger partial charge in [-0.2, -0.15) is 0 Å². The molecule has 1 amide bonds. The van der Waals surface area contributed by atoms with Crippen molar-refractivity contribution in [2.24, 2.45) is 5.92 Å². The van der Waals surface area contributed by atoms with Crippen LogP contribution in [0.1, 0.15) is 31.9 Å². The maximum Gasteiger partial charge on any atom is 0.223 e. The monoisotopic (exact) mass is 234 g/mol. The van der Waals surface area contributed by atoms with Crippen LogP contribution in [0, 0.1) is 5.92 Å². The van der Waals surface area contributed by atoms with Crippen molar-refractivity contribution in [2.45, 2.75) is 26.3 Å². The second kappa shape index (κ2) is 6.03. The van der Waals surface area contributed by atoms with E-state index >= 15 is 0 Å². The fraction of sp³-hybridized carbons (Fsp3) is 0.385. The molecule has 4 nitrogen and oxygen atoms in total. The summed E-state index contributed by atoms with van der Waals surface area (Å²) < 4.78 is 0. The highest BCUT2D eigenvalue weighted by atomic mass is 16.4. The van der Waals surface area contributed by atoms with Gasteiger partial charge in [-0.1, -0.05) is 44.2 Å². The largest absolute Gasteiger partial charge is 0.550 e. The third kappa shape index (κ3) is 4.26. The van der Waals surface area contributed by atoms with Gasteiger partial charge in [0.25, 0.3) is 0 Å². The van der Waals surface area contributed by atoms with E-state index in [1.807, 2.05) is 6.07 Å². The number of carboxylic acid groups (broad SMARTS) is 1. The standard InChI is InChI=1S/C13H17NO3/c1-9(2)13(17)14-11(8-12(15)16)10-6-4-3-5-7-10/h3-7,9,11H,8H2,1-2H3,(H,14,17)(H,15,16)/p-1/t11-/m1/s1. The number of aliphatic carboxylic acids is 1. The van der Waals surface area contributed by atoms with Gasteiger partial charge in [-0.3, -0.25) is 4.79 Å². The first-order valence-corrected chi connectivity index (χ1v) is 5.56. The number of hydrogen-bond donors (Lipinski definition) is 1. The second-order valence-electron chi connectivity index (χ2n) is 4.20. The lowest BCUT2D eigenvalue weighted by atomic mass is 10.0. The average Bonchev–Trinajstić information content (AvgIpc) is 2.28. The Labute approximate surface area is 101 Å². The predicted octanol–water partition coefficient (Wildman–Crippen LogP) is 0.640. The van der Waals surface area contributed by atoms with Crippen molar-refractivity contribution >= 4 is 11.9 Å². The van der Waals surface area contributed by atoms with Gasteiger partial charge in [0.1, 0.15) is 0 Å². The molecule has 1 atom stereocenters. The molecule has 0 spiro atoms.